The normalized spacial score (nSPS) is 8.82. The van der Waals surface area contributed by atoms with Crippen molar-refractivity contribution in [3.8, 4) is 12.0 Å². The lowest BCUT2D eigenvalue weighted by atomic mass is 10.3. The number of nitriles is 1. The Morgan fingerprint density at radius 3 is 2.27 bits per heavy atom. The summed E-state index contributed by atoms with van der Waals surface area (Å²) in [6.45, 7) is 0. The average molecular weight is 188 g/mol. The van der Waals surface area contributed by atoms with E-state index in [-0.39, 0.29) is 5.75 Å². The molecule has 4 heteroatoms. The number of hydrogen-bond donors (Lipinski definition) is 0. The summed E-state index contributed by atoms with van der Waals surface area (Å²) in [5, 5.41) is 8.84. The number of benzene rings is 1. The van der Waals surface area contributed by atoms with Gasteiger partial charge in [-0.15, -0.1) is 5.26 Å². The third-order valence-corrected chi connectivity index (χ3v) is 1.66. The molecule has 11 heavy (non-hydrogen) atoms. The van der Waals surface area contributed by atoms with Crippen molar-refractivity contribution in [2.45, 2.75) is 0 Å². The van der Waals surface area contributed by atoms with Gasteiger partial charge in [-0.2, -0.15) is 0 Å². The second-order valence-electron chi connectivity index (χ2n) is 1.74. The van der Waals surface area contributed by atoms with E-state index in [9.17, 15) is 0 Å². The number of para-hydroxylation sites is 1. The Morgan fingerprint density at radius 1 is 1.27 bits per heavy atom. The van der Waals surface area contributed by atoms with Crippen molar-refractivity contribution in [3.05, 3.63) is 28.2 Å². The second-order valence-corrected chi connectivity index (χ2v) is 2.56. The van der Waals surface area contributed by atoms with Crippen LogP contribution in [0.4, 0.5) is 0 Å². The molecular weight excluding hydrogens is 185 g/mol. The van der Waals surface area contributed by atoms with Crippen LogP contribution in [0, 0.1) is 11.5 Å². The van der Waals surface area contributed by atoms with E-state index < -0.39 is 0 Å². The third kappa shape index (κ3) is 1.76. The fraction of sp³-hybridized carbons (Fsp3) is 0. The molecular formula is C7H3Cl2NO. The highest BCUT2D eigenvalue weighted by atomic mass is 35.5. The lowest BCUT2D eigenvalue weighted by Crippen LogP contribution is -1.83. The fourth-order valence-corrected chi connectivity index (χ4v) is 1.10. The molecule has 0 saturated carbocycles. The summed E-state index contributed by atoms with van der Waals surface area (Å²) < 4.78 is 4.51. The predicted octanol–water partition coefficient (Wildman–Crippen LogP) is 2.85. The number of rotatable bonds is 1. The molecule has 0 saturated heterocycles. The molecule has 0 atom stereocenters. The van der Waals surface area contributed by atoms with Crippen LogP contribution >= 0.6 is 23.2 Å². The van der Waals surface area contributed by atoms with Crippen LogP contribution in [0.1, 0.15) is 0 Å². The number of ether oxygens (including phenoxy) is 1. The van der Waals surface area contributed by atoms with Crippen molar-refractivity contribution in [1.29, 1.82) is 5.26 Å². The second kappa shape index (κ2) is 3.47. The largest absolute Gasteiger partial charge is 0.385 e. The number of hydrogen-bond acceptors (Lipinski definition) is 2. The maximum Gasteiger partial charge on any atom is 0.292 e. The zero-order valence-electron chi connectivity index (χ0n) is 5.34. The van der Waals surface area contributed by atoms with Gasteiger partial charge in [0.25, 0.3) is 6.26 Å². The Kier molecular flexibility index (Phi) is 2.58. The van der Waals surface area contributed by atoms with Gasteiger partial charge in [0, 0.05) is 0 Å². The average Bonchev–Trinajstić information content (AvgIpc) is 1.97. The van der Waals surface area contributed by atoms with Crippen molar-refractivity contribution in [2.75, 3.05) is 0 Å². The van der Waals surface area contributed by atoms with Crippen LogP contribution in [0.2, 0.25) is 10.0 Å². The topological polar surface area (TPSA) is 33.0 Å². The van der Waals surface area contributed by atoms with Crippen LogP contribution in [0.3, 0.4) is 0 Å². The molecule has 0 aliphatic rings. The van der Waals surface area contributed by atoms with Gasteiger partial charge in [0.1, 0.15) is 0 Å². The molecule has 0 spiro atoms. The third-order valence-electron chi connectivity index (χ3n) is 1.07. The Hall–Kier alpha value is -0.910. The van der Waals surface area contributed by atoms with E-state index in [4.69, 9.17) is 28.5 Å². The minimum atomic E-state index is 0.207. The van der Waals surface area contributed by atoms with E-state index >= 15 is 0 Å². The monoisotopic (exact) mass is 187 g/mol. The Bertz CT molecular complexity index is 286. The Morgan fingerprint density at radius 2 is 1.82 bits per heavy atom. The van der Waals surface area contributed by atoms with Gasteiger partial charge in [0.2, 0.25) is 0 Å². The molecule has 56 valence electrons. The molecule has 0 amide bonds. The number of halogens is 2. The van der Waals surface area contributed by atoms with Gasteiger partial charge in [-0.3, -0.25) is 0 Å². The van der Waals surface area contributed by atoms with Crippen LogP contribution in [0.5, 0.6) is 5.75 Å². The van der Waals surface area contributed by atoms with Crippen molar-refractivity contribution in [3.63, 3.8) is 0 Å². The van der Waals surface area contributed by atoms with Crippen molar-refractivity contribution < 1.29 is 4.74 Å². The molecule has 0 bridgehead atoms. The van der Waals surface area contributed by atoms with Crippen molar-refractivity contribution in [2.24, 2.45) is 0 Å². The molecule has 0 heterocycles. The molecule has 0 fully saturated rings. The molecule has 0 aliphatic heterocycles. The SMILES string of the molecule is N#COc1c(Cl)cccc1Cl. The lowest BCUT2D eigenvalue weighted by molar-refractivity contribution is 0.508. The van der Waals surface area contributed by atoms with E-state index in [0.717, 1.165) is 0 Å². The van der Waals surface area contributed by atoms with Crippen LogP contribution in [-0.4, -0.2) is 0 Å². The van der Waals surface area contributed by atoms with Gasteiger partial charge in [-0.25, -0.2) is 0 Å². The summed E-state index contributed by atoms with van der Waals surface area (Å²) in [6.07, 6.45) is 1.50. The van der Waals surface area contributed by atoms with Gasteiger partial charge in [0.15, 0.2) is 5.75 Å². The molecule has 0 aliphatic carbocycles. The highest BCUT2D eigenvalue weighted by Crippen LogP contribution is 2.31. The van der Waals surface area contributed by atoms with Crippen LogP contribution in [0.25, 0.3) is 0 Å². The Labute approximate surface area is 73.9 Å². The standard InChI is InChI=1S/C7H3Cl2NO/c8-5-2-1-3-6(9)7(5)11-4-10/h1-3H. The minimum Gasteiger partial charge on any atom is -0.385 e. The fourth-order valence-electron chi connectivity index (χ4n) is 0.626. The van der Waals surface area contributed by atoms with E-state index in [0.29, 0.717) is 10.0 Å². The maximum absolute atomic E-state index is 8.18. The zero-order chi connectivity index (χ0) is 8.27. The first-order chi connectivity index (χ1) is 5.25. The summed E-state index contributed by atoms with van der Waals surface area (Å²) in [7, 11) is 0. The van der Waals surface area contributed by atoms with Gasteiger partial charge in [0.05, 0.1) is 10.0 Å². The van der Waals surface area contributed by atoms with Gasteiger partial charge in [-0.1, -0.05) is 29.3 Å². The van der Waals surface area contributed by atoms with E-state index in [2.05, 4.69) is 4.74 Å². The predicted molar refractivity (Wildman–Crippen MR) is 42.7 cm³/mol. The molecule has 1 aromatic carbocycles. The first-order valence-electron chi connectivity index (χ1n) is 2.75. The van der Waals surface area contributed by atoms with Crippen LogP contribution in [-0.2, 0) is 0 Å². The van der Waals surface area contributed by atoms with Crippen molar-refractivity contribution >= 4 is 23.2 Å². The molecule has 0 aromatic heterocycles. The molecule has 0 radical (unpaired) electrons. The zero-order valence-corrected chi connectivity index (χ0v) is 6.86. The van der Waals surface area contributed by atoms with E-state index in [1.807, 2.05) is 0 Å². The maximum atomic E-state index is 8.18. The summed E-state index contributed by atoms with van der Waals surface area (Å²) in [5.74, 6) is 0.207. The highest BCUT2D eigenvalue weighted by molar-refractivity contribution is 6.37. The molecule has 1 rings (SSSR count). The summed E-state index contributed by atoms with van der Waals surface area (Å²) in [4.78, 5) is 0. The summed E-state index contributed by atoms with van der Waals surface area (Å²) in [6, 6.07) is 4.87. The Balaban J connectivity index is 3.12. The number of nitrogens with zero attached hydrogens (tertiary/aromatic N) is 1. The van der Waals surface area contributed by atoms with E-state index in [1.165, 1.54) is 6.26 Å². The molecule has 2 nitrogen and oxygen atoms in total. The first-order valence-corrected chi connectivity index (χ1v) is 3.51. The van der Waals surface area contributed by atoms with Gasteiger partial charge >= 0.3 is 0 Å². The highest BCUT2D eigenvalue weighted by Gasteiger charge is 2.05. The molecule has 0 N–H and O–H groups in total. The van der Waals surface area contributed by atoms with Gasteiger partial charge in [-0.05, 0) is 12.1 Å². The quantitative estimate of drug-likeness (QED) is 0.634. The van der Waals surface area contributed by atoms with Gasteiger partial charge < -0.3 is 4.74 Å². The summed E-state index contributed by atoms with van der Waals surface area (Å²) in [5.41, 5.74) is 0. The lowest BCUT2D eigenvalue weighted by Gasteiger charge is -1.99. The van der Waals surface area contributed by atoms with Crippen LogP contribution < -0.4 is 4.74 Å². The molecule has 0 unspecified atom stereocenters. The summed E-state index contributed by atoms with van der Waals surface area (Å²) >= 11 is 11.3. The van der Waals surface area contributed by atoms with E-state index in [1.54, 1.807) is 18.2 Å². The minimum absolute atomic E-state index is 0.207. The first kappa shape index (κ1) is 8.19. The van der Waals surface area contributed by atoms with Crippen molar-refractivity contribution in [1.82, 2.24) is 0 Å². The molecule has 1 aromatic rings. The van der Waals surface area contributed by atoms with Crippen LogP contribution in [0.15, 0.2) is 18.2 Å². The smallest absolute Gasteiger partial charge is 0.292 e.